The molecule has 4 N–H and O–H groups in total. The maximum atomic E-state index is 6.03. The van der Waals surface area contributed by atoms with Crippen LogP contribution in [0.1, 0.15) is 24.8 Å². The molecule has 20 heavy (non-hydrogen) atoms. The lowest BCUT2D eigenvalue weighted by Crippen LogP contribution is -2.13. The van der Waals surface area contributed by atoms with Crippen LogP contribution in [0.15, 0.2) is 36.5 Å². The zero-order valence-corrected chi connectivity index (χ0v) is 12.1. The standard InChI is InChI=1S/C14H18ClN5/c1-10(11-5-3-2-4-6-11)7-8-17-13-12(15)9-18-14(19-13)20-16/h2-6,9-10H,7-8,16H2,1H3,(H2,17,18,19,20). The Morgan fingerprint density at radius 1 is 1.30 bits per heavy atom. The monoisotopic (exact) mass is 291 g/mol. The Morgan fingerprint density at radius 2 is 2.05 bits per heavy atom. The molecule has 1 aromatic heterocycles. The quantitative estimate of drug-likeness (QED) is 0.563. The van der Waals surface area contributed by atoms with Crippen molar-refractivity contribution in [3.05, 3.63) is 47.1 Å². The molecular weight excluding hydrogens is 274 g/mol. The van der Waals surface area contributed by atoms with Gasteiger partial charge in [0.25, 0.3) is 0 Å². The average molecular weight is 292 g/mol. The fourth-order valence-corrected chi connectivity index (χ4v) is 2.07. The Labute approximate surface area is 123 Å². The highest BCUT2D eigenvalue weighted by molar-refractivity contribution is 6.32. The largest absolute Gasteiger partial charge is 0.369 e. The molecule has 0 saturated heterocycles. The first-order valence-corrected chi connectivity index (χ1v) is 6.86. The van der Waals surface area contributed by atoms with Crippen LogP contribution in [0.5, 0.6) is 0 Å². The predicted octanol–water partition coefficient (Wildman–Crippen LogP) is 3.02. The van der Waals surface area contributed by atoms with Crippen molar-refractivity contribution >= 4 is 23.4 Å². The molecule has 6 heteroatoms. The second-order valence-electron chi connectivity index (χ2n) is 4.56. The number of halogens is 1. The van der Waals surface area contributed by atoms with Crippen LogP contribution in [0.3, 0.4) is 0 Å². The molecule has 0 spiro atoms. The lowest BCUT2D eigenvalue weighted by Gasteiger charge is -2.13. The molecule has 0 saturated carbocycles. The van der Waals surface area contributed by atoms with Crippen molar-refractivity contribution < 1.29 is 0 Å². The van der Waals surface area contributed by atoms with E-state index >= 15 is 0 Å². The van der Waals surface area contributed by atoms with Crippen LogP contribution in [-0.2, 0) is 0 Å². The molecule has 0 radical (unpaired) electrons. The summed E-state index contributed by atoms with van der Waals surface area (Å²) < 4.78 is 0. The minimum atomic E-state index is 0.341. The topological polar surface area (TPSA) is 75.9 Å². The van der Waals surface area contributed by atoms with Crippen LogP contribution in [0, 0.1) is 0 Å². The number of nitrogens with one attached hydrogen (secondary N) is 2. The van der Waals surface area contributed by atoms with Gasteiger partial charge in [0, 0.05) is 6.54 Å². The molecule has 106 valence electrons. The Bertz CT molecular complexity index is 547. The van der Waals surface area contributed by atoms with Gasteiger partial charge in [0.2, 0.25) is 5.95 Å². The van der Waals surface area contributed by atoms with E-state index in [9.17, 15) is 0 Å². The molecule has 2 aromatic rings. The third kappa shape index (κ3) is 3.82. The molecule has 0 aliphatic carbocycles. The molecule has 1 heterocycles. The highest BCUT2D eigenvalue weighted by Crippen LogP contribution is 2.21. The third-order valence-electron chi connectivity index (χ3n) is 3.11. The molecule has 2 rings (SSSR count). The van der Waals surface area contributed by atoms with E-state index in [-0.39, 0.29) is 0 Å². The van der Waals surface area contributed by atoms with Crippen molar-refractivity contribution in [1.29, 1.82) is 0 Å². The van der Waals surface area contributed by atoms with Gasteiger partial charge in [0.1, 0.15) is 5.02 Å². The Morgan fingerprint density at radius 3 is 2.75 bits per heavy atom. The van der Waals surface area contributed by atoms with Gasteiger partial charge >= 0.3 is 0 Å². The molecule has 0 aliphatic rings. The van der Waals surface area contributed by atoms with Gasteiger partial charge in [-0.3, -0.25) is 5.43 Å². The highest BCUT2D eigenvalue weighted by atomic mass is 35.5. The Hall–Kier alpha value is -1.85. The number of aromatic nitrogens is 2. The lowest BCUT2D eigenvalue weighted by molar-refractivity contribution is 0.705. The van der Waals surface area contributed by atoms with Crippen LogP contribution in [0.2, 0.25) is 5.02 Å². The summed E-state index contributed by atoms with van der Waals surface area (Å²) in [5.74, 6) is 6.68. The normalized spacial score (nSPS) is 11.9. The number of nitrogen functional groups attached to an aromatic ring is 1. The van der Waals surface area contributed by atoms with Crippen LogP contribution in [0.4, 0.5) is 11.8 Å². The zero-order valence-electron chi connectivity index (χ0n) is 11.3. The van der Waals surface area contributed by atoms with E-state index in [0.29, 0.717) is 22.7 Å². The summed E-state index contributed by atoms with van der Waals surface area (Å²) in [6.07, 6.45) is 2.50. The van der Waals surface area contributed by atoms with Gasteiger partial charge in [-0.25, -0.2) is 10.8 Å². The molecule has 0 fully saturated rings. The van der Waals surface area contributed by atoms with E-state index in [2.05, 4.69) is 51.9 Å². The molecule has 0 bridgehead atoms. The molecular formula is C14H18ClN5. The first-order valence-electron chi connectivity index (χ1n) is 6.48. The van der Waals surface area contributed by atoms with Crippen molar-refractivity contribution in [3.8, 4) is 0 Å². The van der Waals surface area contributed by atoms with Gasteiger partial charge in [-0.1, -0.05) is 48.9 Å². The van der Waals surface area contributed by atoms with E-state index in [0.717, 1.165) is 13.0 Å². The zero-order chi connectivity index (χ0) is 14.4. The summed E-state index contributed by atoms with van der Waals surface area (Å²) in [6.45, 7) is 2.97. The van der Waals surface area contributed by atoms with E-state index in [1.807, 2.05) is 6.07 Å². The van der Waals surface area contributed by atoms with Crippen LogP contribution in [-0.4, -0.2) is 16.5 Å². The van der Waals surface area contributed by atoms with Crippen LogP contribution >= 0.6 is 11.6 Å². The number of rotatable bonds is 6. The van der Waals surface area contributed by atoms with E-state index in [1.54, 1.807) is 0 Å². The molecule has 5 nitrogen and oxygen atoms in total. The minimum absolute atomic E-state index is 0.341. The van der Waals surface area contributed by atoms with Crippen molar-refractivity contribution in [3.63, 3.8) is 0 Å². The maximum absolute atomic E-state index is 6.03. The third-order valence-corrected chi connectivity index (χ3v) is 3.39. The van der Waals surface area contributed by atoms with Gasteiger partial charge < -0.3 is 5.32 Å². The molecule has 0 amide bonds. The average Bonchev–Trinajstić information content (AvgIpc) is 2.50. The van der Waals surface area contributed by atoms with Gasteiger partial charge in [-0.2, -0.15) is 4.98 Å². The maximum Gasteiger partial charge on any atom is 0.239 e. The number of benzene rings is 1. The fourth-order valence-electron chi connectivity index (χ4n) is 1.92. The Balaban J connectivity index is 1.90. The summed E-state index contributed by atoms with van der Waals surface area (Å²) in [5, 5.41) is 3.69. The van der Waals surface area contributed by atoms with E-state index in [1.165, 1.54) is 11.8 Å². The summed E-state index contributed by atoms with van der Waals surface area (Å²) in [7, 11) is 0. The van der Waals surface area contributed by atoms with Crippen molar-refractivity contribution in [2.75, 3.05) is 17.3 Å². The molecule has 0 aliphatic heterocycles. The predicted molar refractivity (Wildman–Crippen MR) is 82.8 cm³/mol. The van der Waals surface area contributed by atoms with E-state index in [4.69, 9.17) is 17.4 Å². The van der Waals surface area contributed by atoms with Gasteiger partial charge in [0.15, 0.2) is 5.82 Å². The number of nitrogens with two attached hydrogens (primary N) is 1. The van der Waals surface area contributed by atoms with E-state index < -0.39 is 0 Å². The summed E-state index contributed by atoms with van der Waals surface area (Å²) in [5.41, 5.74) is 3.73. The van der Waals surface area contributed by atoms with Crippen molar-refractivity contribution in [2.45, 2.75) is 19.3 Å². The molecule has 1 atom stereocenters. The number of hydrazine groups is 1. The summed E-state index contributed by atoms with van der Waals surface area (Å²) >= 11 is 6.03. The number of hydrogen-bond donors (Lipinski definition) is 3. The van der Waals surface area contributed by atoms with Gasteiger partial charge in [-0.05, 0) is 17.9 Å². The minimum Gasteiger partial charge on any atom is -0.369 e. The van der Waals surface area contributed by atoms with Crippen LogP contribution in [0.25, 0.3) is 0 Å². The second kappa shape index (κ2) is 7.07. The number of anilines is 2. The lowest BCUT2D eigenvalue weighted by atomic mass is 9.98. The summed E-state index contributed by atoms with van der Waals surface area (Å²) in [4.78, 5) is 8.10. The molecule has 1 aromatic carbocycles. The number of hydrogen-bond acceptors (Lipinski definition) is 5. The second-order valence-corrected chi connectivity index (χ2v) is 4.97. The first kappa shape index (κ1) is 14.6. The first-order chi connectivity index (χ1) is 9.70. The fraction of sp³-hybridized carbons (Fsp3) is 0.286. The van der Waals surface area contributed by atoms with Gasteiger partial charge in [0.05, 0.1) is 6.20 Å². The number of nitrogens with zero attached hydrogens (tertiary/aromatic N) is 2. The summed E-state index contributed by atoms with van der Waals surface area (Å²) in [6, 6.07) is 10.4. The van der Waals surface area contributed by atoms with Crippen molar-refractivity contribution in [1.82, 2.24) is 9.97 Å². The van der Waals surface area contributed by atoms with Crippen molar-refractivity contribution in [2.24, 2.45) is 5.84 Å². The Kier molecular flexibility index (Phi) is 5.15. The molecule has 1 unspecified atom stereocenters. The van der Waals surface area contributed by atoms with Crippen LogP contribution < -0.4 is 16.6 Å². The highest BCUT2D eigenvalue weighted by Gasteiger charge is 2.07. The van der Waals surface area contributed by atoms with Gasteiger partial charge in [-0.15, -0.1) is 0 Å². The smallest absolute Gasteiger partial charge is 0.239 e. The SMILES string of the molecule is CC(CCNc1nc(NN)ncc1Cl)c1ccccc1.